The van der Waals surface area contributed by atoms with Crippen LogP contribution in [0.3, 0.4) is 0 Å². The second kappa shape index (κ2) is 11.2. The first-order valence-corrected chi connectivity index (χ1v) is 11.9. The highest BCUT2D eigenvalue weighted by atomic mass is 35.5. The fraction of sp³-hybridized carbons (Fsp3) is 0.560. The van der Waals surface area contributed by atoms with Crippen molar-refractivity contribution in [2.45, 2.75) is 65.6 Å². The molecule has 0 saturated carbocycles. The van der Waals surface area contributed by atoms with Gasteiger partial charge in [0.2, 0.25) is 0 Å². The molecule has 0 aliphatic carbocycles. The molecule has 1 N–H and O–H groups in total. The normalized spacial score (nSPS) is 16.3. The molecule has 1 fully saturated rings. The van der Waals surface area contributed by atoms with Crippen LogP contribution in [0, 0.1) is 20.8 Å². The van der Waals surface area contributed by atoms with Crippen LogP contribution in [-0.2, 0) is 6.54 Å². The van der Waals surface area contributed by atoms with Gasteiger partial charge in [-0.1, -0.05) is 11.6 Å². The van der Waals surface area contributed by atoms with Gasteiger partial charge < -0.3 is 10.2 Å². The van der Waals surface area contributed by atoms with Crippen LogP contribution in [0.25, 0.3) is 0 Å². The lowest BCUT2D eigenvalue weighted by molar-refractivity contribution is 0.0902. The highest BCUT2D eigenvalue weighted by molar-refractivity contribution is 6.29. The highest BCUT2D eigenvalue weighted by Crippen LogP contribution is 2.21. The molecule has 1 unspecified atom stereocenters. The van der Waals surface area contributed by atoms with Gasteiger partial charge in [0.05, 0.1) is 11.3 Å². The Morgan fingerprint density at radius 3 is 2.66 bits per heavy atom. The molecule has 0 bridgehead atoms. The summed E-state index contributed by atoms with van der Waals surface area (Å²) in [6.45, 7) is 11.9. The first-order chi connectivity index (χ1) is 15.3. The van der Waals surface area contributed by atoms with E-state index in [4.69, 9.17) is 11.6 Å². The Morgan fingerprint density at radius 2 is 2.00 bits per heavy atom. The molecule has 0 aromatic carbocycles. The Hall–Kier alpha value is -2.02. The van der Waals surface area contributed by atoms with E-state index in [0.717, 1.165) is 31.6 Å². The molecule has 1 aliphatic rings. The zero-order valence-electron chi connectivity index (χ0n) is 20.0. The van der Waals surface area contributed by atoms with Crippen LogP contribution in [0.15, 0.2) is 24.5 Å². The number of aromatic nitrogens is 2. The van der Waals surface area contributed by atoms with Gasteiger partial charge in [0.15, 0.2) is 0 Å². The number of nitrogens with one attached hydrogen (secondary N) is 1. The predicted molar refractivity (Wildman–Crippen MR) is 130 cm³/mol. The minimum atomic E-state index is -0.0672. The molecule has 2 aromatic heterocycles. The smallest absolute Gasteiger partial charge is 0.253 e. The van der Waals surface area contributed by atoms with E-state index in [1.165, 1.54) is 24.0 Å². The average Bonchev–Trinajstić information content (AvgIpc) is 2.74. The molecule has 1 aliphatic heterocycles. The Bertz CT molecular complexity index is 903. The summed E-state index contributed by atoms with van der Waals surface area (Å²) in [6.07, 6.45) is 7.11. The van der Waals surface area contributed by atoms with Gasteiger partial charge in [-0.25, -0.2) is 4.98 Å². The lowest BCUT2D eigenvalue weighted by atomic mass is 10.0. The lowest BCUT2D eigenvalue weighted by Gasteiger charge is -2.39. The summed E-state index contributed by atoms with van der Waals surface area (Å²) >= 11 is 5.98. The van der Waals surface area contributed by atoms with E-state index in [-0.39, 0.29) is 5.91 Å². The van der Waals surface area contributed by atoms with E-state index in [1.807, 2.05) is 26.2 Å². The SMILES string of the molecule is Cc1ccncc1CN(C)C1CCN(C(C)CCNC(=O)c2c(C)cc(Cl)nc2C)CC1. The Morgan fingerprint density at radius 1 is 1.28 bits per heavy atom. The Balaban J connectivity index is 1.42. The zero-order chi connectivity index (χ0) is 23.3. The molecule has 7 heteroatoms. The van der Waals surface area contributed by atoms with Crippen LogP contribution in [0.4, 0.5) is 0 Å². The third-order valence-corrected chi connectivity index (χ3v) is 6.95. The first-order valence-electron chi connectivity index (χ1n) is 11.5. The number of rotatable bonds is 8. The quantitative estimate of drug-likeness (QED) is 0.603. The number of piperidine rings is 1. The molecule has 6 nitrogen and oxygen atoms in total. The van der Waals surface area contributed by atoms with E-state index in [1.54, 1.807) is 6.07 Å². The molecule has 3 rings (SSSR count). The highest BCUT2D eigenvalue weighted by Gasteiger charge is 2.25. The summed E-state index contributed by atoms with van der Waals surface area (Å²) in [7, 11) is 2.22. The molecule has 1 amide bonds. The number of amides is 1. The first kappa shape index (κ1) is 24.6. The standard InChI is InChI=1S/C25H36ClN5O/c1-17-6-10-27-15-21(17)16-30(5)22-8-12-31(13-9-22)19(3)7-11-28-25(32)24-18(2)14-23(26)29-20(24)4/h6,10,14-15,19,22H,7-9,11-13,16H2,1-5H3,(H,28,32). The molecule has 32 heavy (non-hydrogen) atoms. The van der Waals surface area contributed by atoms with Crippen LogP contribution in [0.5, 0.6) is 0 Å². The van der Waals surface area contributed by atoms with E-state index in [9.17, 15) is 4.79 Å². The lowest BCUT2D eigenvalue weighted by Crippen LogP contribution is -2.47. The van der Waals surface area contributed by atoms with Crippen molar-refractivity contribution in [2.75, 3.05) is 26.7 Å². The van der Waals surface area contributed by atoms with Gasteiger partial charge in [-0.05, 0) is 95.9 Å². The van der Waals surface area contributed by atoms with Crippen LogP contribution in [0.1, 0.15) is 58.9 Å². The molecule has 1 saturated heterocycles. The molecule has 1 atom stereocenters. The molecule has 174 valence electrons. The van der Waals surface area contributed by atoms with E-state index >= 15 is 0 Å². The number of carbonyl (C=O) groups excluding carboxylic acids is 1. The predicted octanol–water partition coefficient (Wildman–Crippen LogP) is 4.16. The van der Waals surface area contributed by atoms with Crippen molar-refractivity contribution in [3.8, 4) is 0 Å². The van der Waals surface area contributed by atoms with Crippen molar-refractivity contribution in [2.24, 2.45) is 0 Å². The van der Waals surface area contributed by atoms with Crippen molar-refractivity contribution < 1.29 is 4.79 Å². The van der Waals surface area contributed by atoms with Crippen LogP contribution in [-0.4, -0.2) is 64.4 Å². The maximum Gasteiger partial charge on any atom is 0.253 e. The topological polar surface area (TPSA) is 61.4 Å². The third kappa shape index (κ3) is 6.27. The fourth-order valence-corrected chi connectivity index (χ4v) is 4.91. The van der Waals surface area contributed by atoms with Crippen LogP contribution in [0.2, 0.25) is 5.15 Å². The minimum Gasteiger partial charge on any atom is -0.352 e. The fourth-order valence-electron chi connectivity index (χ4n) is 4.62. The van der Waals surface area contributed by atoms with Crippen LogP contribution >= 0.6 is 11.6 Å². The van der Waals surface area contributed by atoms with Crippen molar-refractivity contribution in [3.05, 3.63) is 57.6 Å². The number of hydrogen-bond donors (Lipinski definition) is 1. The maximum absolute atomic E-state index is 12.6. The van der Waals surface area contributed by atoms with Gasteiger partial charge in [-0.15, -0.1) is 0 Å². The second-order valence-corrected chi connectivity index (χ2v) is 9.49. The summed E-state index contributed by atoms with van der Waals surface area (Å²) < 4.78 is 0. The van der Waals surface area contributed by atoms with Crippen LogP contribution < -0.4 is 5.32 Å². The summed E-state index contributed by atoms with van der Waals surface area (Å²) in [4.78, 5) is 26.1. The largest absolute Gasteiger partial charge is 0.352 e. The van der Waals surface area contributed by atoms with Gasteiger partial charge in [-0.3, -0.25) is 14.7 Å². The van der Waals surface area contributed by atoms with Gasteiger partial charge >= 0.3 is 0 Å². The molecule has 2 aromatic rings. The van der Waals surface area contributed by atoms with Gasteiger partial charge in [0, 0.05) is 37.6 Å². The molecule has 0 spiro atoms. The maximum atomic E-state index is 12.6. The van der Waals surface area contributed by atoms with Gasteiger partial charge in [-0.2, -0.15) is 0 Å². The van der Waals surface area contributed by atoms with Crippen molar-refractivity contribution >= 4 is 17.5 Å². The number of nitrogens with zero attached hydrogens (tertiary/aromatic N) is 4. The second-order valence-electron chi connectivity index (χ2n) is 9.10. The van der Waals surface area contributed by atoms with E-state index < -0.39 is 0 Å². The molecule has 0 radical (unpaired) electrons. The van der Waals surface area contributed by atoms with E-state index in [0.29, 0.717) is 35.0 Å². The van der Waals surface area contributed by atoms with E-state index in [2.05, 4.69) is 52.0 Å². The van der Waals surface area contributed by atoms with Gasteiger partial charge in [0.25, 0.3) is 5.91 Å². The summed E-state index contributed by atoms with van der Waals surface area (Å²) in [5, 5.41) is 3.49. The Kier molecular flexibility index (Phi) is 8.63. The summed E-state index contributed by atoms with van der Waals surface area (Å²) in [5.74, 6) is -0.0672. The van der Waals surface area contributed by atoms with Gasteiger partial charge in [0.1, 0.15) is 5.15 Å². The monoisotopic (exact) mass is 457 g/mol. The number of halogens is 1. The van der Waals surface area contributed by atoms with Crippen molar-refractivity contribution in [1.29, 1.82) is 0 Å². The zero-order valence-corrected chi connectivity index (χ0v) is 20.7. The average molecular weight is 458 g/mol. The van der Waals surface area contributed by atoms with Crippen molar-refractivity contribution in [3.63, 3.8) is 0 Å². The van der Waals surface area contributed by atoms with Crippen molar-refractivity contribution in [1.82, 2.24) is 25.1 Å². The molecular formula is C25H36ClN5O. The minimum absolute atomic E-state index is 0.0672. The summed E-state index contributed by atoms with van der Waals surface area (Å²) in [5.41, 5.74) is 4.78. The number of likely N-dealkylation sites (tertiary alicyclic amines) is 1. The number of hydrogen-bond acceptors (Lipinski definition) is 5. The molecular weight excluding hydrogens is 422 g/mol. The Labute approximate surface area is 197 Å². The number of pyridine rings is 2. The summed E-state index contributed by atoms with van der Waals surface area (Å²) in [6, 6.07) is 4.86. The molecule has 3 heterocycles. The number of aryl methyl sites for hydroxylation is 3. The number of carbonyl (C=O) groups is 1. The third-order valence-electron chi connectivity index (χ3n) is 6.75.